The van der Waals surface area contributed by atoms with Gasteiger partial charge >= 0.3 is 0 Å². The molecule has 1 atom stereocenters. The summed E-state index contributed by atoms with van der Waals surface area (Å²) < 4.78 is 4.99. The molecule has 0 amide bonds. The summed E-state index contributed by atoms with van der Waals surface area (Å²) in [6.45, 7) is 4.19. The lowest BCUT2D eigenvalue weighted by atomic mass is 10.9. The van der Waals surface area contributed by atoms with Gasteiger partial charge in [-0.25, -0.2) is 0 Å². The van der Waals surface area contributed by atoms with E-state index in [-0.39, 0.29) is 0 Å². The Balaban J connectivity index is 2.86. The quantitative estimate of drug-likeness (QED) is 0.452. The van der Waals surface area contributed by atoms with E-state index in [0.717, 1.165) is 5.75 Å². The second kappa shape index (κ2) is 5.79. The lowest BCUT2D eigenvalue weighted by Gasteiger charge is -2.04. The second-order valence-electron chi connectivity index (χ2n) is 1.31. The first-order valence-electron chi connectivity index (χ1n) is 2.62. The molecular formula is C5H12OS2. The van der Waals surface area contributed by atoms with Crippen LogP contribution in [0.1, 0.15) is 13.8 Å². The summed E-state index contributed by atoms with van der Waals surface area (Å²) in [6, 6.07) is 0. The molecule has 0 bridgehead atoms. The standard InChI is InChI=1S/C5H12OS2/c1-4-7-8-5(2)6-3/h5H,4H2,1-3H3. The molecular weight excluding hydrogens is 140 g/mol. The van der Waals surface area contributed by atoms with Gasteiger partial charge in [0.05, 0.1) is 0 Å². The molecule has 0 aromatic carbocycles. The van der Waals surface area contributed by atoms with E-state index >= 15 is 0 Å². The molecule has 1 unspecified atom stereocenters. The SMILES string of the molecule is CCSSC(C)OC. The molecule has 0 radical (unpaired) electrons. The van der Waals surface area contributed by atoms with E-state index in [0.29, 0.717) is 5.44 Å². The van der Waals surface area contributed by atoms with Gasteiger partial charge in [-0.05, 0) is 6.92 Å². The smallest absolute Gasteiger partial charge is 0.110 e. The van der Waals surface area contributed by atoms with Gasteiger partial charge in [0.1, 0.15) is 5.44 Å². The molecule has 0 saturated heterocycles. The van der Waals surface area contributed by atoms with Crippen molar-refractivity contribution < 1.29 is 4.74 Å². The molecule has 1 nitrogen and oxygen atoms in total. The maximum Gasteiger partial charge on any atom is 0.110 e. The van der Waals surface area contributed by atoms with Crippen LogP contribution in [0.25, 0.3) is 0 Å². The Morgan fingerprint density at radius 2 is 2.25 bits per heavy atom. The number of hydrogen-bond donors (Lipinski definition) is 0. The number of methoxy groups -OCH3 is 1. The van der Waals surface area contributed by atoms with Crippen molar-refractivity contribution in [2.75, 3.05) is 12.9 Å². The topological polar surface area (TPSA) is 9.23 Å². The fraction of sp³-hybridized carbons (Fsp3) is 1.00. The molecule has 0 heterocycles. The van der Waals surface area contributed by atoms with Gasteiger partial charge in [-0.1, -0.05) is 28.5 Å². The van der Waals surface area contributed by atoms with Crippen LogP contribution in [-0.2, 0) is 4.74 Å². The zero-order valence-corrected chi connectivity index (χ0v) is 7.14. The third-order valence-electron chi connectivity index (χ3n) is 0.653. The van der Waals surface area contributed by atoms with Crippen molar-refractivity contribution in [3.05, 3.63) is 0 Å². The van der Waals surface area contributed by atoms with Crippen molar-refractivity contribution in [1.29, 1.82) is 0 Å². The predicted molar refractivity (Wildman–Crippen MR) is 42.2 cm³/mol. The maximum atomic E-state index is 4.99. The molecule has 0 rings (SSSR count). The number of ether oxygens (including phenoxy) is 1. The maximum absolute atomic E-state index is 4.99. The molecule has 3 heteroatoms. The third-order valence-corrected chi connectivity index (χ3v) is 3.42. The van der Waals surface area contributed by atoms with E-state index < -0.39 is 0 Å². The normalized spacial score (nSPS) is 13.9. The van der Waals surface area contributed by atoms with Crippen molar-refractivity contribution >= 4 is 21.6 Å². The molecule has 0 aliphatic rings. The van der Waals surface area contributed by atoms with Crippen LogP contribution < -0.4 is 0 Å². The first kappa shape index (κ1) is 8.66. The highest BCUT2D eigenvalue weighted by atomic mass is 33.1. The fourth-order valence-electron chi connectivity index (χ4n) is 0.203. The second-order valence-corrected chi connectivity index (χ2v) is 4.26. The van der Waals surface area contributed by atoms with Crippen molar-refractivity contribution in [2.24, 2.45) is 0 Å². The Hall–Kier alpha value is 0.660. The highest BCUT2D eigenvalue weighted by Gasteiger charge is 1.96. The number of rotatable bonds is 4. The van der Waals surface area contributed by atoms with Gasteiger partial charge in [-0.2, -0.15) is 0 Å². The summed E-state index contributed by atoms with van der Waals surface area (Å²) in [5.41, 5.74) is 0.333. The van der Waals surface area contributed by atoms with Gasteiger partial charge in [0.25, 0.3) is 0 Å². The van der Waals surface area contributed by atoms with Crippen LogP contribution in [0.2, 0.25) is 0 Å². The first-order chi connectivity index (χ1) is 3.81. The van der Waals surface area contributed by atoms with E-state index in [1.54, 1.807) is 17.9 Å². The zero-order chi connectivity index (χ0) is 6.41. The average molecular weight is 152 g/mol. The van der Waals surface area contributed by atoms with Crippen LogP contribution in [0.3, 0.4) is 0 Å². The van der Waals surface area contributed by atoms with Crippen LogP contribution in [0.4, 0.5) is 0 Å². The third kappa shape index (κ3) is 4.81. The molecule has 8 heavy (non-hydrogen) atoms. The summed E-state index contributed by atoms with van der Waals surface area (Å²) in [7, 11) is 5.33. The summed E-state index contributed by atoms with van der Waals surface area (Å²) in [6.07, 6.45) is 0. The summed E-state index contributed by atoms with van der Waals surface area (Å²) >= 11 is 0. The van der Waals surface area contributed by atoms with Crippen molar-refractivity contribution in [1.82, 2.24) is 0 Å². The van der Waals surface area contributed by atoms with Crippen molar-refractivity contribution in [2.45, 2.75) is 19.3 Å². The van der Waals surface area contributed by atoms with Crippen LogP contribution in [-0.4, -0.2) is 18.3 Å². The predicted octanol–water partition coefficient (Wildman–Crippen LogP) is 2.38. The Morgan fingerprint density at radius 1 is 1.62 bits per heavy atom. The van der Waals surface area contributed by atoms with Crippen molar-refractivity contribution in [3.63, 3.8) is 0 Å². The van der Waals surface area contributed by atoms with E-state index in [4.69, 9.17) is 4.74 Å². The highest BCUT2D eigenvalue weighted by Crippen LogP contribution is 2.25. The lowest BCUT2D eigenvalue weighted by Crippen LogP contribution is -1.94. The molecule has 0 aromatic heterocycles. The molecule has 0 saturated carbocycles. The van der Waals surface area contributed by atoms with E-state index in [1.165, 1.54) is 0 Å². The van der Waals surface area contributed by atoms with E-state index in [1.807, 2.05) is 17.7 Å². The largest absolute Gasteiger partial charge is 0.370 e. The summed E-state index contributed by atoms with van der Waals surface area (Å²) in [5, 5.41) is 0. The van der Waals surface area contributed by atoms with Gasteiger partial charge in [-0.15, -0.1) is 0 Å². The lowest BCUT2D eigenvalue weighted by molar-refractivity contribution is 0.189. The van der Waals surface area contributed by atoms with Crippen LogP contribution >= 0.6 is 21.6 Å². The molecule has 50 valence electrons. The van der Waals surface area contributed by atoms with Gasteiger partial charge in [0, 0.05) is 12.9 Å². The molecule has 0 aromatic rings. The van der Waals surface area contributed by atoms with Crippen molar-refractivity contribution in [3.8, 4) is 0 Å². The van der Waals surface area contributed by atoms with E-state index in [2.05, 4.69) is 6.92 Å². The molecule has 0 spiro atoms. The Kier molecular flexibility index (Phi) is 6.27. The Morgan fingerprint density at radius 3 is 2.62 bits per heavy atom. The minimum atomic E-state index is 0.333. The van der Waals surface area contributed by atoms with Gasteiger partial charge in [0.2, 0.25) is 0 Å². The van der Waals surface area contributed by atoms with E-state index in [9.17, 15) is 0 Å². The van der Waals surface area contributed by atoms with Crippen LogP contribution in [0.15, 0.2) is 0 Å². The molecule has 0 fully saturated rings. The van der Waals surface area contributed by atoms with Crippen LogP contribution in [0.5, 0.6) is 0 Å². The Bertz CT molecular complexity index is 49.7. The average Bonchev–Trinajstić information content (AvgIpc) is 1.83. The van der Waals surface area contributed by atoms with Gasteiger partial charge in [-0.3, -0.25) is 0 Å². The molecule has 0 aliphatic heterocycles. The van der Waals surface area contributed by atoms with Gasteiger partial charge < -0.3 is 4.74 Å². The summed E-state index contributed by atoms with van der Waals surface area (Å²) in [5.74, 6) is 1.15. The molecule has 0 N–H and O–H groups in total. The number of hydrogen-bond acceptors (Lipinski definition) is 3. The minimum Gasteiger partial charge on any atom is -0.370 e. The zero-order valence-electron chi connectivity index (χ0n) is 5.51. The van der Waals surface area contributed by atoms with Crippen LogP contribution in [0, 0.1) is 0 Å². The highest BCUT2D eigenvalue weighted by molar-refractivity contribution is 8.76. The first-order valence-corrected chi connectivity index (χ1v) is 5.00. The summed E-state index contributed by atoms with van der Waals surface area (Å²) in [4.78, 5) is 0. The molecule has 0 aliphatic carbocycles. The Labute approximate surface area is 59.0 Å². The monoisotopic (exact) mass is 152 g/mol. The minimum absolute atomic E-state index is 0.333. The van der Waals surface area contributed by atoms with Gasteiger partial charge in [0.15, 0.2) is 0 Å². The fourth-order valence-corrected chi connectivity index (χ4v) is 1.83.